The van der Waals surface area contributed by atoms with Crippen LogP contribution >= 0.6 is 46.4 Å². The maximum atomic E-state index is 13.8. The van der Waals surface area contributed by atoms with Crippen LogP contribution in [0, 0.1) is 11.6 Å². The van der Waals surface area contributed by atoms with Crippen LogP contribution in [0.5, 0.6) is 0 Å². The highest BCUT2D eigenvalue weighted by atomic mass is 35.5. The summed E-state index contributed by atoms with van der Waals surface area (Å²) >= 11 is 25.0. The third-order valence-electron chi connectivity index (χ3n) is 4.71. The number of anilines is 1. The topological polar surface area (TPSA) is 76.0 Å². The van der Waals surface area contributed by atoms with Crippen LogP contribution in [-0.2, 0) is 0 Å². The first-order chi connectivity index (χ1) is 16.6. The van der Waals surface area contributed by atoms with Gasteiger partial charge in [0, 0.05) is 16.3 Å². The van der Waals surface area contributed by atoms with Gasteiger partial charge in [-0.1, -0.05) is 64.6 Å². The third-order valence-corrected chi connectivity index (χ3v) is 5.81. The summed E-state index contributed by atoms with van der Waals surface area (Å²) in [5, 5.41) is 9.71. The Bertz CT molecular complexity index is 1420. The smallest absolute Gasteiger partial charge is 0.308 e. The van der Waals surface area contributed by atoms with Crippen molar-refractivity contribution < 1.29 is 18.4 Å². The van der Waals surface area contributed by atoms with E-state index < -0.39 is 29.1 Å². The molecule has 178 valence electrons. The van der Waals surface area contributed by atoms with E-state index in [-0.39, 0.29) is 21.4 Å². The number of hydrogen-bond donors (Lipinski definition) is 2. The molecule has 3 amide bonds. The van der Waals surface area contributed by atoms with Gasteiger partial charge in [0.1, 0.15) is 28.6 Å². The number of carbonyl (C=O) groups is 2. The zero-order chi connectivity index (χ0) is 25.3. The molecule has 6 nitrogen and oxygen atoms in total. The molecule has 0 fully saturated rings. The third kappa shape index (κ3) is 5.41. The highest BCUT2D eigenvalue weighted by Gasteiger charge is 2.20. The summed E-state index contributed by atoms with van der Waals surface area (Å²) < 4.78 is 28.9. The fourth-order valence-corrected chi connectivity index (χ4v) is 4.20. The predicted molar refractivity (Wildman–Crippen MR) is 132 cm³/mol. The molecule has 0 bridgehead atoms. The number of nitrogens with one attached hydrogen (secondary N) is 2. The number of halogens is 6. The molecule has 0 aliphatic heterocycles. The van der Waals surface area contributed by atoms with E-state index in [9.17, 15) is 18.4 Å². The van der Waals surface area contributed by atoms with Gasteiger partial charge in [-0.3, -0.25) is 10.1 Å². The Labute approximate surface area is 217 Å². The Hall–Kier alpha value is -3.17. The maximum Gasteiger partial charge on any atom is 0.326 e. The van der Waals surface area contributed by atoms with Gasteiger partial charge in [-0.15, -0.1) is 0 Å². The standard InChI is InChI=1S/C23H12Cl4F2N4O2/c24-12-6-4-11(5-7-12)20-16(27)10-33(32-20)21-14(25)8-13(9-15(21)26)30-23(35)31-22(34)19-17(28)2-1-3-18(19)29/h1-10H,(H2,30,31,34,35). The van der Waals surface area contributed by atoms with Gasteiger partial charge < -0.3 is 5.32 Å². The molecule has 0 atom stereocenters. The second-order valence-electron chi connectivity index (χ2n) is 7.07. The van der Waals surface area contributed by atoms with Gasteiger partial charge in [0.25, 0.3) is 5.91 Å². The van der Waals surface area contributed by atoms with Gasteiger partial charge in [0.2, 0.25) is 0 Å². The molecule has 0 aliphatic carbocycles. The van der Waals surface area contributed by atoms with Gasteiger partial charge in [-0.2, -0.15) is 5.10 Å². The molecule has 0 saturated carbocycles. The number of carbonyl (C=O) groups excluding carboxylic acids is 2. The van der Waals surface area contributed by atoms with Crippen LogP contribution in [0.25, 0.3) is 16.9 Å². The quantitative estimate of drug-likeness (QED) is 0.275. The Morgan fingerprint density at radius 2 is 1.46 bits per heavy atom. The molecule has 4 rings (SSSR count). The summed E-state index contributed by atoms with van der Waals surface area (Å²) in [6, 6.07) is 11.5. The van der Waals surface area contributed by atoms with Crippen molar-refractivity contribution in [3.63, 3.8) is 0 Å². The molecule has 1 aromatic heterocycles. The Kier molecular flexibility index (Phi) is 7.28. The fraction of sp³-hybridized carbons (Fsp3) is 0. The van der Waals surface area contributed by atoms with Crippen molar-refractivity contribution in [1.29, 1.82) is 0 Å². The lowest BCUT2D eigenvalue weighted by atomic mass is 10.2. The highest BCUT2D eigenvalue weighted by Crippen LogP contribution is 2.35. The number of urea groups is 1. The zero-order valence-electron chi connectivity index (χ0n) is 17.3. The van der Waals surface area contributed by atoms with Crippen molar-refractivity contribution in [3.05, 3.63) is 98.1 Å². The number of amides is 3. The molecule has 0 saturated heterocycles. The van der Waals surface area contributed by atoms with E-state index in [0.717, 1.165) is 23.8 Å². The Balaban J connectivity index is 1.54. The molecule has 3 aromatic carbocycles. The molecular weight excluding hydrogens is 544 g/mol. The summed E-state index contributed by atoms with van der Waals surface area (Å²) in [6.07, 6.45) is 1.51. The van der Waals surface area contributed by atoms with E-state index in [0.29, 0.717) is 15.7 Å². The lowest BCUT2D eigenvalue weighted by Crippen LogP contribution is -2.35. The van der Waals surface area contributed by atoms with Crippen LogP contribution in [-0.4, -0.2) is 21.7 Å². The van der Waals surface area contributed by atoms with Gasteiger partial charge in [-0.05, 0) is 36.4 Å². The van der Waals surface area contributed by atoms with Gasteiger partial charge in [0.15, 0.2) is 0 Å². The average molecular weight is 556 g/mol. The number of benzene rings is 3. The molecule has 12 heteroatoms. The van der Waals surface area contributed by atoms with Crippen LogP contribution in [0.4, 0.5) is 19.3 Å². The molecule has 2 N–H and O–H groups in total. The van der Waals surface area contributed by atoms with E-state index in [1.54, 1.807) is 24.3 Å². The minimum absolute atomic E-state index is 0.0982. The number of nitrogens with zero attached hydrogens (tertiary/aromatic N) is 2. The second-order valence-corrected chi connectivity index (χ2v) is 8.73. The first-order valence-electron chi connectivity index (χ1n) is 9.71. The normalized spacial score (nSPS) is 10.8. The molecule has 1 heterocycles. The number of aromatic nitrogens is 2. The molecule has 0 spiro atoms. The number of rotatable bonds is 4. The lowest BCUT2D eigenvalue weighted by Gasteiger charge is -2.12. The summed E-state index contributed by atoms with van der Waals surface area (Å²) in [5.41, 5.74) is 0.693. The van der Waals surface area contributed by atoms with Crippen molar-refractivity contribution in [2.45, 2.75) is 0 Å². The van der Waals surface area contributed by atoms with Gasteiger partial charge in [0.05, 0.1) is 21.3 Å². The minimum atomic E-state index is -1.26. The molecule has 0 radical (unpaired) electrons. The fourth-order valence-electron chi connectivity index (χ4n) is 3.17. The minimum Gasteiger partial charge on any atom is -0.308 e. The van der Waals surface area contributed by atoms with E-state index in [2.05, 4.69) is 10.4 Å². The zero-order valence-corrected chi connectivity index (χ0v) is 20.3. The number of imide groups is 1. The van der Waals surface area contributed by atoms with Crippen LogP contribution in [0.1, 0.15) is 10.4 Å². The molecule has 35 heavy (non-hydrogen) atoms. The van der Waals surface area contributed by atoms with Gasteiger partial charge >= 0.3 is 6.03 Å². The summed E-state index contributed by atoms with van der Waals surface area (Å²) in [7, 11) is 0. The van der Waals surface area contributed by atoms with E-state index in [1.807, 2.05) is 5.32 Å². The first kappa shape index (κ1) is 24.9. The van der Waals surface area contributed by atoms with Crippen molar-refractivity contribution in [2.75, 3.05) is 5.32 Å². The van der Waals surface area contributed by atoms with Crippen molar-refractivity contribution in [1.82, 2.24) is 15.1 Å². The van der Waals surface area contributed by atoms with Crippen LogP contribution in [0.2, 0.25) is 20.1 Å². The first-order valence-corrected chi connectivity index (χ1v) is 11.2. The van der Waals surface area contributed by atoms with Crippen molar-refractivity contribution in [2.24, 2.45) is 0 Å². The van der Waals surface area contributed by atoms with Crippen LogP contribution in [0.3, 0.4) is 0 Å². The largest absolute Gasteiger partial charge is 0.326 e. The molecule has 0 aliphatic rings. The van der Waals surface area contributed by atoms with Crippen molar-refractivity contribution >= 4 is 64.0 Å². The predicted octanol–water partition coefficient (Wildman–Crippen LogP) is 7.39. The highest BCUT2D eigenvalue weighted by molar-refractivity contribution is 6.38. The summed E-state index contributed by atoms with van der Waals surface area (Å²) in [4.78, 5) is 24.3. The van der Waals surface area contributed by atoms with E-state index in [1.165, 1.54) is 23.0 Å². The number of hydrogen-bond acceptors (Lipinski definition) is 3. The summed E-state index contributed by atoms with van der Waals surface area (Å²) in [5.74, 6) is -3.48. The SMILES string of the molecule is O=C(NC(=O)c1c(F)cccc1F)Nc1cc(Cl)c(-n2cc(Cl)c(-c3ccc(Cl)cc3)n2)c(Cl)c1. The van der Waals surface area contributed by atoms with E-state index >= 15 is 0 Å². The molecular formula is C23H12Cl4F2N4O2. The maximum absolute atomic E-state index is 13.8. The Morgan fingerprint density at radius 3 is 2.06 bits per heavy atom. The monoisotopic (exact) mass is 554 g/mol. The lowest BCUT2D eigenvalue weighted by molar-refractivity contribution is 0.0959. The molecule has 0 unspecified atom stereocenters. The van der Waals surface area contributed by atoms with Crippen LogP contribution in [0.15, 0.2) is 60.8 Å². The molecule has 4 aromatic rings. The van der Waals surface area contributed by atoms with Crippen molar-refractivity contribution in [3.8, 4) is 16.9 Å². The summed E-state index contributed by atoms with van der Waals surface area (Å²) in [6.45, 7) is 0. The van der Waals surface area contributed by atoms with E-state index in [4.69, 9.17) is 46.4 Å². The van der Waals surface area contributed by atoms with Gasteiger partial charge in [-0.25, -0.2) is 18.3 Å². The average Bonchev–Trinajstić information content (AvgIpc) is 3.14. The second kappa shape index (κ2) is 10.2. The Morgan fingerprint density at radius 1 is 0.857 bits per heavy atom. The van der Waals surface area contributed by atoms with Crippen LogP contribution < -0.4 is 10.6 Å².